The number of fused-ring (bicyclic) bond motifs is 1. The van der Waals surface area contributed by atoms with Crippen LogP contribution in [0, 0.1) is 0 Å². The van der Waals surface area contributed by atoms with Gasteiger partial charge < -0.3 is 5.32 Å². The number of aryl methyl sites for hydroxylation is 1. The molecule has 0 atom stereocenters. The number of nitrogens with zero attached hydrogens (tertiary/aromatic N) is 1. The van der Waals surface area contributed by atoms with Gasteiger partial charge in [-0.3, -0.25) is 9.59 Å². The summed E-state index contributed by atoms with van der Waals surface area (Å²) < 4.78 is 0. The largest absolute Gasteiger partial charge is 0.346 e. The van der Waals surface area contributed by atoms with Gasteiger partial charge in [-0.2, -0.15) is 5.10 Å². The molecular weight excluding hydrogens is 242 g/mol. The molecule has 0 radical (unpaired) electrons. The van der Waals surface area contributed by atoms with Gasteiger partial charge in [0.15, 0.2) is 0 Å². The Morgan fingerprint density at radius 2 is 1.89 bits per heavy atom. The lowest BCUT2D eigenvalue weighted by molar-refractivity contribution is -0.139. The van der Waals surface area contributed by atoms with E-state index >= 15 is 0 Å². The minimum absolute atomic E-state index is 0.0712. The number of carbonyl (C=O) groups is 2. The SMILES string of the molecule is CC(C)NC(=O)C(=O)N/N=C1/CCc2ccccc21. The van der Waals surface area contributed by atoms with Crippen LogP contribution in [0.5, 0.6) is 0 Å². The molecule has 0 fully saturated rings. The highest BCUT2D eigenvalue weighted by molar-refractivity contribution is 6.35. The van der Waals surface area contributed by atoms with E-state index in [-0.39, 0.29) is 6.04 Å². The fourth-order valence-electron chi connectivity index (χ4n) is 2.02. The smallest absolute Gasteiger partial charge is 0.329 e. The summed E-state index contributed by atoms with van der Waals surface area (Å²) in [6, 6.07) is 7.87. The second kappa shape index (κ2) is 5.65. The molecular formula is C14H17N3O2. The molecule has 0 aliphatic heterocycles. The third-order valence-corrected chi connectivity index (χ3v) is 2.88. The summed E-state index contributed by atoms with van der Waals surface area (Å²) in [5, 5.41) is 6.57. The van der Waals surface area contributed by atoms with Crippen molar-refractivity contribution < 1.29 is 9.59 Å². The number of hydrogen-bond acceptors (Lipinski definition) is 3. The molecule has 2 amide bonds. The van der Waals surface area contributed by atoms with Crippen LogP contribution in [0.3, 0.4) is 0 Å². The summed E-state index contributed by atoms with van der Waals surface area (Å²) in [5.41, 5.74) is 5.40. The lowest BCUT2D eigenvalue weighted by Crippen LogP contribution is -2.41. The van der Waals surface area contributed by atoms with E-state index in [1.807, 2.05) is 24.3 Å². The highest BCUT2D eigenvalue weighted by Gasteiger charge is 2.18. The standard InChI is InChI=1S/C14H17N3O2/c1-9(2)15-13(18)14(19)17-16-12-8-7-10-5-3-4-6-11(10)12/h3-6,9H,7-8H2,1-2H3,(H,15,18)(H,17,19)/b16-12-. The normalized spacial score (nSPS) is 15.4. The van der Waals surface area contributed by atoms with Crippen molar-refractivity contribution in [2.45, 2.75) is 32.7 Å². The first-order valence-electron chi connectivity index (χ1n) is 6.33. The predicted molar refractivity (Wildman–Crippen MR) is 72.7 cm³/mol. The third kappa shape index (κ3) is 3.19. The van der Waals surface area contributed by atoms with Gasteiger partial charge in [0.2, 0.25) is 0 Å². The van der Waals surface area contributed by atoms with Crippen molar-refractivity contribution in [2.24, 2.45) is 5.10 Å². The zero-order chi connectivity index (χ0) is 13.8. The predicted octanol–water partition coefficient (Wildman–Crippen LogP) is 0.978. The molecule has 100 valence electrons. The van der Waals surface area contributed by atoms with Gasteiger partial charge in [-0.1, -0.05) is 24.3 Å². The number of hydrogen-bond donors (Lipinski definition) is 2. The van der Waals surface area contributed by atoms with E-state index in [9.17, 15) is 9.59 Å². The summed E-state index contributed by atoms with van der Waals surface area (Å²) in [6.07, 6.45) is 1.70. The van der Waals surface area contributed by atoms with Crippen molar-refractivity contribution in [1.29, 1.82) is 0 Å². The van der Waals surface area contributed by atoms with Crippen molar-refractivity contribution >= 4 is 17.5 Å². The van der Waals surface area contributed by atoms with Crippen LogP contribution in [0.2, 0.25) is 0 Å². The average Bonchev–Trinajstić information content (AvgIpc) is 2.78. The number of nitrogens with one attached hydrogen (secondary N) is 2. The molecule has 0 spiro atoms. The Bertz CT molecular complexity index is 535. The molecule has 0 saturated heterocycles. The molecule has 0 unspecified atom stereocenters. The molecule has 1 aromatic rings. The number of benzene rings is 1. The van der Waals surface area contributed by atoms with E-state index in [0.29, 0.717) is 0 Å². The van der Waals surface area contributed by atoms with Gasteiger partial charge in [-0.05, 0) is 32.3 Å². The molecule has 0 saturated carbocycles. The van der Waals surface area contributed by atoms with E-state index in [2.05, 4.69) is 15.8 Å². The van der Waals surface area contributed by atoms with Gasteiger partial charge in [-0.15, -0.1) is 0 Å². The Morgan fingerprint density at radius 1 is 1.16 bits per heavy atom. The summed E-state index contributed by atoms with van der Waals surface area (Å²) >= 11 is 0. The average molecular weight is 259 g/mol. The highest BCUT2D eigenvalue weighted by Crippen LogP contribution is 2.21. The molecule has 0 heterocycles. The van der Waals surface area contributed by atoms with E-state index in [1.54, 1.807) is 13.8 Å². The minimum Gasteiger partial charge on any atom is -0.346 e. The van der Waals surface area contributed by atoms with Crippen LogP contribution in [-0.4, -0.2) is 23.6 Å². The molecule has 2 N–H and O–H groups in total. The van der Waals surface area contributed by atoms with Crippen LogP contribution in [0.4, 0.5) is 0 Å². The topological polar surface area (TPSA) is 70.6 Å². The van der Waals surface area contributed by atoms with Crippen molar-refractivity contribution in [1.82, 2.24) is 10.7 Å². The van der Waals surface area contributed by atoms with Gasteiger partial charge in [-0.25, -0.2) is 5.43 Å². The van der Waals surface area contributed by atoms with Crippen LogP contribution in [0.25, 0.3) is 0 Å². The first-order chi connectivity index (χ1) is 9.08. The van der Waals surface area contributed by atoms with Crippen molar-refractivity contribution in [3.05, 3.63) is 35.4 Å². The maximum atomic E-state index is 11.5. The molecule has 0 bridgehead atoms. The van der Waals surface area contributed by atoms with E-state index < -0.39 is 11.8 Å². The highest BCUT2D eigenvalue weighted by atomic mass is 16.2. The summed E-state index contributed by atoms with van der Waals surface area (Å²) in [7, 11) is 0. The molecule has 1 aromatic carbocycles. The monoisotopic (exact) mass is 259 g/mol. The van der Waals surface area contributed by atoms with Crippen LogP contribution >= 0.6 is 0 Å². The second-order valence-corrected chi connectivity index (χ2v) is 4.78. The van der Waals surface area contributed by atoms with E-state index in [4.69, 9.17) is 0 Å². The maximum Gasteiger partial charge on any atom is 0.329 e. The Morgan fingerprint density at radius 3 is 2.63 bits per heavy atom. The minimum atomic E-state index is -0.731. The zero-order valence-electron chi connectivity index (χ0n) is 11.1. The van der Waals surface area contributed by atoms with Crippen molar-refractivity contribution in [3.8, 4) is 0 Å². The molecule has 0 aromatic heterocycles. The number of rotatable bonds is 2. The molecule has 5 nitrogen and oxygen atoms in total. The molecule has 5 heteroatoms. The van der Waals surface area contributed by atoms with Crippen LogP contribution < -0.4 is 10.7 Å². The van der Waals surface area contributed by atoms with Gasteiger partial charge in [0.05, 0.1) is 5.71 Å². The molecule has 1 aliphatic carbocycles. The Hall–Kier alpha value is -2.17. The zero-order valence-corrected chi connectivity index (χ0v) is 11.1. The Labute approximate surface area is 112 Å². The molecule has 19 heavy (non-hydrogen) atoms. The van der Waals surface area contributed by atoms with Gasteiger partial charge in [0, 0.05) is 11.6 Å². The molecule has 2 rings (SSSR count). The van der Waals surface area contributed by atoms with Crippen LogP contribution in [0.1, 0.15) is 31.4 Å². The number of amides is 2. The molecule has 1 aliphatic rings. The first kappa shape index (κ1) is 13.3. The van der Waals surface area contributed by atoms with E-state index in [0.717, 1.165) is 24.1 Å². The quantitative estimate of drug-likeness (QED) is 0.614. The number of hydrazone groups is 1. The number of carbonyl (C=O) groups excluding carboxylic acids is 2. The first-order valence-corrected chi connectivity index (χ1v) is 6.33. The fourth-order valence-corrected chi connectivity index (χ4v) is 2.02. The van der Waals surface area contributed by atoms with Crippen LogP contribution in [-0.2, 0) is 16.0 Å². The third-order valence-electron chi connectivity index (χ3n) is 2.88. The lowest BCUT2D eigenvalue weighted by atomic mass is 10.1. The van der Waals surface area contributed by atoms with Gasteiger partial charge >= 0.3 is 11.8 Å². The lowest BCUT2D eigenvalue weighted by Gasteiger charge is -2.06. The second-order valence-electron chi connectivity index (χ2n) is 4.78. The Balaban J connectivity index is 2.01. The van der Waals surface area contributed by atoms with Crippen LogP contribution in [0.15, 0.2) is 29.4 Å². The Kier molecular flexibility index (Phi) is 3.94. The summed E-state index contributed by atoms with van der Waals surface area (Å²) in [4.78, 5) is 22.9. The summed E-state index contributed by atoms with van der Waals surface area (Å²) in [5.74, 6) is -1.39. The van der Waals surface area contributed by atoms with E-state index in [1.165, 1.54) is 5.56 Å². The fraction of sp³-hybridized carbons (Fsp3) is 0.357. The van der Waals surface area contributed by atoms with Gasteiger partial charge in [0.25, 0.3) is 0 Å². The van der Waals surface area contributed by atoms with Crippen molar-refractivity contribution in [3.63, 3.8) is 0 Å². The maximum absolute atomic E-state index is 11.5. The van der Waals surface area contributed by atoms with Crippen molar-refractivity contribution in [2.75, 3.05) is 0 Å². The summed E-state index contributed by atoms with van der Waals surface area (Å²) in [6.45, 7) is 3.59. The van der Waals surface area contributed by atoms with Gasteiger partial charge in [0.1, 0.15) is 0 Å².